The number of benzene rings is 3. The van der Waals surface area contributed by atoms with E-state index in [0.29, 0.717) is 54.0 Å². The van der Waals surface area contributed by atoms with Crippen molar-refractivity contribution >= 4 is 81.5 Å². The van der Waals surface area contributed by atoms with Gasteiger partial charge in [0.05, 0.1) is 0 Å². The van der Waals surface area contributed by atoms with E-state index in [2.05, 4.69) is 16.0 Å². The van der Waals surface area contributed by atoms with Crippen LogP contribution in [0.25, 0.3) is 20.4 Å². The first kappa shape index (κ1) is 30.6. The van der Waals surface area contributed by atoms with Crippen molar-refractivity contribution in [1.82, 2.24) is 10.6 Å². The van der Waals surface area contributed by atoms with Crippen molar-refractivity contribution in [2.24, 2.45) is 0 Å². The molecule has 4 amide bonds. The third-order valence-electron chi connectivity index (χ3n) is 7.56. The maximum absolute atomic E-state index is 13.8. The summed E-state index contributed by atoms with van der Waals surface area (Å²) in [5.74, 6) is -0.416. The fourth-order valence-electron chi connectivity index (χ4n) is 5.59. The number of unbranched alkanes of at least 4 members (excludes halogenated alkanes) is 1. The molecule has 4 aromatic rings. The topological polar surface area (TPSA) is 128 Å². The second-order valence-electron chi connectivity index (χ2n) is 10.7. The first-order chi connectivity index (χ1) is 20.7. The summed E-state index contributed by atoms with van der Waals surface area (Å²) in [7, 11) is 0. The Bertz CT molecular complexity index is 1720. The third kappa shape index (κ3) is 6.72. The van der Waals surface area contributed by atoms with Gasteiger partial charge < -0.3 is 0 Å². The predicted octanol–water partition coefficient (Wildman–Crippen LogP) is 4.49. The molecule has 5 rings (SSSR count). The quantitative estimate of drug-likeness (QED) is 0.113. The molecule has 4 N–H and O–H groups in total. The zero-order valence-corrected chi connectivity index (χ0v) is 26.4. The van der Waals surface area contributed by atoms with Crippen LogP contribution in [0, 0.1) is 0 Å². The minimum absolute atomic E-state index is 0.0493. The van der Waals surface area contributed by atoms with Gasteiger partial charge in [-0.15, -0.1) is 0 Å². The SMILES string of the molecule is CC(=O)NCCCCC(NC(C)=O)C(=O)Nc1ccc2[se]c(C(=O)N3C[C@@H](CCl)c4c3cc(O)c3ccccc43)cc2c1. The molecule has 11 heteroatoms. The first-order valence-corrected chi connectivity index (χ1v) is 16.4. The molecule has 224 valence electrons. The van der Waals surface area contributed by atoms with E-state index in [1.54, 1.807) is 17.0 Å². The van der Waals surface area contributed by atoms with Gasteiger partial charge in [0, 0.05) is 6.92 Å². The minimum atomic E-state index is -0.711. The molecule has 1 unspecified atom stereocenters. The molecule has 0 fully saturated rings. The van der Waals surface area contributed by atoms with E-state index in [4.69, 9.17) is 11.6 Å². The Kier molecular flexibility index (Phi) is 9.40. The van der Waals surface area contributed by atoms with Crippen LogP contribution in [0.15, 0.2) is 54.6 Å². The number of hydrogen-bond acceptors (Lipinski definition) is 5. The van der Waals surface area contributed by atoms with Crippen LogP contribution in [0.1, 0.15) is 53.8 Å². The van der Waals surface area contributed by atoms with Gasteiger partial charge in [-0.3, -0.25) is 4.79 Å². The normalized spacial score (nSPS) is 14.9. The Labute approximate surface area is 260 Å². The molecule has 0 saturated carbocycles. The molecule has 9 nitrogen and oxygen atoms in total. The molecule has 0 saturated heterocycles. The summed E-state index contributed by atoms with van der Waals surface area (Å²) < 4.78 is 1.70. The number of nitrogens with one attached hydrogen (secondary N) is 3. The number of anilines is 2. The standard InChI is InChI=1S/C32H33ClN4O5Se/c1-18(38)34-12-6-5-9-25(35-19(2)39)31(41)36-22-10-11-28-20(13-22)14-29(43-28)32(42)37-17-21(16-33)30-24-8-4-3-7-23(24)27(40)15-26(30)37/h3-4,7-8,10-11,13-15,21,25,40H,5-6,9,12,16-17H2,1-2H3,(H,34,38)(H,35,39)(H,36,41)/t21-,25?/m1/s1. The molecular formula is C32H33ClN4O5Se. The third-order valence-corrected chi connectivity index (χ3v) is 10.2. The second-order valence-corrected chi connectivity index (χ2v) is 13.3. The molecule has 0 bridgehead atoms. The second kappa shape index (κ2) is 13.2. The van der Waals surface area contributed by atoms with E-state index in [1.165, 1.54) is 13.8 Å². The number of amides is 4. The van der Waals surface area contributed by atoms with Crippen LogP contribution < -0.4 is 20.9 Å². The number of phenols is 1. The van der Waals surface area contributed by atoms with E-state index in [1.807, 2.05) is 42.5 Å². The van der Waals surface area contributed by atoms with Crippen LogP contribution in [-0.4, -0.2) is 68.3 Å². The van der Waals surface area contributed by atoms with Gasteiger partial charge in [-0.1, -0.05) is 0 Å². The van der Waals surface area contributed by atoms with Crippen molar-refractivity contribution in [3.05, 3.63) is 64.6 Å². The van der Waals surface area contributed by atoms with Crippen LogP contribution in [0.5, 0.6) is 5.75 Å². The molecular weight excluding hydrogens is 635 g/mol. The average molecular weight is 668 g/mol. The Morgan fingerprint density at radius 1 is 1.02 bits per heavy atom. The van der Waals surface area contributed by atoms with E-state index < -0.39 is 6.04 Å². The van der Waals surface area contributed by atoms with E-state index in [-0.39, 0.29) is 49.8 Å². The summed E-state index contributed by atoms with van der Waals surface area (Å²) in [6.07, 6.45) is 1.77. The predicted molar refractivity (Wildman–Crippen MR) is 170 cm³/mol. The molecule has 2 atom stereocenters. The Balaban J connectivity index is 1.33. The molecule has 1 aliphatic heterocycles. The van der Waals surface area contributed by atoms with Gasteiger partial charge in [0.2, 0.25) is 5.91 Å². The van der Waals surface area contributed by atoms with Gasteiger partial charge in [-0.05, 0) is 0 Å². The molecule has 1 aromatic heterocycles. The molecule has 0 radical (unpaired) electrons. The summed E-state index contributed by atoms with van der Waals surface area (Å²) in [6.45, 7) is 3.77. The molecule has 0 aliphatic carbocycles. The van der Waals surface area contributed by atoms with Crippen molar-refractivity contribution in [3.8, 4) is 5.75 Å². The Morgan fingerprint density at radius 3 is 2.51 bits per heavy atom. The number of fused-ring (bicyclic) bond motifs is 4. The van der Waals surface area contributed by atoms with Crippen LogP contribution in [0.3, 0.4) is 0 Å². The summed E-state index contributed by atoms with van der Waals surface area (Å²) in [4.78, 5) is 51.4. The van der Waals surface area contributed by atoms with Gasteiger partial charge >= 0.3 is 243 Å². The van der Waals surface area contributed by atoms with Crippen molar-refractivity contribution in [2.45, 2.75) is 45.1 Å². The monoisotopic (exact) mass is 668 g/mol. The van der Waals surface area contributed by atoms with Gasteiger partial charge in [0.1, 0.15) is 0 Å². The van der Waals surface area contributed by atoms with Crippen molar-refractivity contribution in [2.75, 3.05) is 29.2 Å². The molecule has 0 spiro atoms. The zero-order chi connectivity index (χ0) is 30.7. The number of hydrogen-bond donors (Lipinski definition) is 4. The van der Waals surface area contributed by atoms with E-state index in [0.717, 1.165) is 26.0 Å². The van der Waals surface area contributed by atoms with E-state index in [9.17, 15) is 24.3 Å². The molecule has 2 heterocycles. The van der Waals surface area contributed by atoms with E-state index >= 15 is 0 Å². The van der Waals surface area contributed by atoms with Crippen molar-refractivity contribution in [3.63, 3.8) is 0 Å². The summed E-state index contributed by atoms with van der Waals surface area (Å²) >= 11 is 6.12. The molecule has 43 heavy (non-hydrogen) atoms. The number of alkyl halides is 1. The molecule has 1 aliphatic rings. The number of phenolic OH excluding ortho intramolecular Hbond substituents is 1. The van der Waals surface area contributed by atoms with Gasteiger partial charge in [0.15, 0.2) is 0 Å². The molecule has 3 aromatic carbocycles. The van der Waals surface area contributed by atoms with Crippen LogP contribution in [0.4, 0.5) is 11.4 Å². The van der Waals surface area contributed by atoms with Crippen LogP contribution >= 0.6 is 11.6 Å². The number of carbonyl (C=O) groups is 4. The van der Waals surface area contributed by atoms with Gasteiger partial charge in [-0.25, -0.2) is 0 Å². The average Bonchev–Trinajstić information content (AvgIpc) is 3.57. The summed E-state index contributed by atoms with van der Waals surface area (Å²) in [5.41, 5.74) is 2.24. The zero-order valence-electron chi connectivity index (χ0n) is 23.9. The van der Waals surface area contributed by atoms with Gasteiger partial charge in [-0.2, -0.15) is 0 Å². The maximum atomic E-state index is 13.8. The number of halogens is 1. The number of rotatable bonds is 10. The van der Waals surface area contributed by atoms with Crippen molar-refractivity contribution < 1.29 is 24.3 Å². The first-order valence-electron chi connectivity index (χ1n) is 14.1. The fourth-order valence-corrected chi connectivity index (χ4v) is 7.92. The van der Waals surface area contributed by atoms with Crippen LogP contribution in [0.2, 0.25) is 0 Å². The van der Waals surface area contributed by atoms with Crippen molar-refractivity contribution in [1.29, 1.82) is 0 Å². The Morgan fingerprint density at radius 2 is 1.79 bits per heavy atom. The summed E-state index contributed by atoms with van der Waals surface area (Å²) in [6, 6.07) is 16.0. The Hall–Kier alpha value is -3.85. The number of carbonyl (C=O) groups excluding carboxylic acids is 4. The number of nitrogens with zero attached hydrogens (tertiary/aromatic N) is 1. The number of aromatic hydroxyl groups is 1. The van der Waals surface area contributed by atoms with Gasteiger partial charge in [0.25, 0.3) is 0 Å². The fraction of sp³-hybridized carbons (Fsp3) is 0.312. The van der Waals surface area contributed by atoms with Crippen LogP contribution in [-0.2, 0) is 14.4 Å². The summed E-state index contributed by atoms with van der Waals surface area (Å²) in [5, 5.41) is 21.6.